The van der Waals surface area contributed by atoms with E-state index >= 15 is 0 Å². The summed E-state index contributed by atoms with van der Waals surface area (Å²) in [5.41, 5.74) is 1.58. The van der Waals surface area contributed by atoms with Gasteiger partial charge in [-0.25, -0.2) is 9.48 Å². The number of hydrogen-bond donors (Lipinski definition) is 0. The maximum Gasteiger partial charge on any atom is 0.337 e. The molecule has 0 saturated heterocycles. The van der Waals surface area contributed by atoms with Gasteiger partial charge in [-0.2, -0.15) is 0 Å². The lowest BCUT2D eigenvalue weighted by Crippen LogP contribution is -2.15. The van der Waals surface area contributed by atoms with Crippen molar-refractivity contribution >= 4 is 17.6 Å². The Balaban J connectivity index is 1.49. The Morgan fingerprint density at radius 3 is 2.62 bits per heavy atom. The average molecular weight is 345 g/mol. The van der Waals surface area contributed by atoms with Gasteiger partial charge in [-0.15, -0.1) is 5.10 Å². The Bertz CT molecular complexity index is 806. The molecule has 122 valence electrons. The molecule has 2 aromatic carbocycles. The van der Waals surface area contributed by atoms with Crippen molar-refractivity contribution in [1.82, 2.24) is 20.2 Å². The van der Waals surface area contributed by atoms with Gasteiger partial charge in [-0.3, -0.25) is 0 Å². The summed E-state index contributed by atoms with van der Waals surface area (Å²) >= 11 is 6.01. The standard InChI is InChI=1S/C16H13ClN4O3/c17-15-4-2-1-3-12(15)9-23-10-16(22)24-14-7-5-13(6-8-14)21-11-18-19-20-21/h1-8,11H,9-10H2. The molecule has 0 atom stereocenters. The molecule has 24 heavy (non-hydrogen) atoms. The van der Waals surface area contributed by atoms with Gasteiger partial charge >= 0.3 is 5.97 Å². The summed E-state index contributed by atoms with van der Waals surface area (Å²) in [5, 5.41) is 11.5. The molecule has 0 bridgehead atoms. The first-order valence-electron chi connectivity index (χ1n) is 7.07. The van der Waals surface area contributed by atoms with Gasteiger partial charge in [0.1, 0.15) is 18.7 Å². The Kier molecular flexibility index (Phi) is 5.15. The number of benzene rings is 2. The third kappa shape index (κ3) is 4.15. The monoisotopic (exact) mass is 344 g/mol. The first kappa shape index (κ1) is 16.1. The third-order valence-corrected chi connectivity index (χ3v) is 3.49. The SMILES string of the molecule is O=C(COCc1ccccc1Cl)Oc1ccc(-n2cnnn2)cc1. The zero-order valence-corrected chi connectivity index (χ0v) is 13.3. The van der Waals surface area contributed by atoms with Gasteiger partial charge in [-0.1, -0.05) is 29.8 Å². The molecule has 0 saturated carbocycles. The smallest absolute Gasteiger partial charge is 0.337 e. The highest BCUT2D eigenvalue weighted by molar-refractivity contribution is 6.31. The number of nitrogens with zero attached hydrogens (tertiary/aromatic N) is 4. The minimum absolute atomic E-state index is 0.167. The number of ether oxygens (including phenoxy) is 2. The van der Waals surface area contributed by atoms with E-state index in [-0.39, 0.29) is 13.2 Å². The van der Waals surface area contributed by atoms with Gasteiger partial charge in [0.2, 0.25) is 0 Å². The van der Waals surface area contributed by atoms with Crippen LogP contribution < -0.4 is 4.74 Å². The topological polar surface area (TPSA) is 79.1 Å². The van der Waals surface area contributed by atoms with Crippen LogP contribution in [0.15, 0.2) is 54.9 Å². The minimum Gasteiger partial charge on any atom is -0.425 e. The first-order chi connectivity index (χ1) is 11.7. The third-order valence-electron chi connectivity index (χ3n) is 3.12. The van der Waals surface area contributed by atoms with E-state index < -0.39 is 5.97 Å². The molecule has 3 rings (SSSR count). The Hall–Kier alpha value is -2.77. The van der Waals surface area contributed by atoms with Gasteiger partial charge in [0.05, 0.1) is 12.3 Å². The normalized spacial score (nSPS) is 10.5. The van der Waals surface area contributed by atoms with E-state index in [1.54, 1.807) is 30.3 Å². The molecule has 0 fully saturated rings. The fourth-order valence-electron chi connectivity index (χ4n) is 1.97. The van der Waals surface area contributed by atoms with Crippen molar-refractivity contribution < 1.29 is 14.3 Å². The first-order valence-corrected chi connectivity index (χ1v) is 7.45. The van der Waals surface area contributed by atoms with Crippen LogP contribution in [0.5, 0.6) is 5.75 Å². The molecule has 0 aliphatic rings. The molecule has 1 heterocycles. The molecule has 7 nitrogen and oxygen atoms in total. The van der Waals surface area contributed by atoms with Gasteiger partial charge in [0.25, 0.3) is 0 Å². The van der Waals surface area contributed by atoms with E-state index in [4.69, 9.17) is 21.1 Å². The van der Waals surface area contributed by atoms with Crippen molar-refractivity contribution in [3.05, 3.63) is 65.4 Å². The minimum atomic E-state index is -0.489. The highest BCUT2D eigenvalue weighted by Crippen LogP contribution is 2.16. The number of aromatic nitrogens is 4. The molecular weight excluding hydrogens is 332 g/mol. The van der Waals surface area contributed by atoms with Crippen molar-refractivity contribution in [3.8, 4) is 11.4 Å². The number of rotatable bonds is 6. The molecule has 0 spiro atoms. The Morgan fingerprint density at radius 2 is 1.92 bits per heavy atom. The van der Waals surface area contributed by atoms with Crippen molar-refractivity contribution in [2.75, 3.05) is 6.61 Å². The molecule has 0 radical (unpaired) electrons. The molecule has 0 aliphatic heterocycles. The largest absolute Gasteiger partial charge is 0.425 e. The zero-order chi connectivity index (χ0) is 16.8. The maximum atomic E-state index is 11.8. The number of halogens is 1. The summed E-state index contributed by atoms with van der Waals surface area (Å²) in [7, 11) is 0. The van der Waals surface area contributed by atoms with E-state index in [0.29, 0.717) is 10.8 Å². The molecular formula is C16H13ClN4O3. The van der Waals surface area contributed by atoms with Crippen molar-refractivity contribution in [1.29, 1.82) is 0 Å². The van der Waals surface area contributed by atoms with Crippen molar-refractivity contribution in [3.63, 3.8) is 0 Å². The number of carbonyl (C=O) groups is 1. The molecule has 8 heteroatoms. The summed E-state index contributed by atoms with van der Waals surface area (Å²) in [6.45, 7) is 0.0764. The van der Waals surface area contributed by atoms with Crippen LogP contribution in [0.2, 0.25) is 5.02 Å². The van der Waals surface area contributed by atoms with Crippen LogP contribution in [0.1, 0.15) is 5.56 Å². The van der Waals surface area contributed by atoms with Gasteiger partial charge < -0.3 is 9.47 Å². The summed E-state index contributed by atoms with van der Waals surface area (Å²) in [6, 6.07) is 14.1. The summed E-state index contributed by atoms with van der Waals surface area (Å²) < 4.78 is 12.0. The fourth-order valence-corrected chi connectivity index (χ4v) is 2.16. The Morgan fingerprint density at radius 1 is 1.12 bits per heavy atom. The van der Waals surface area contributed by atoms with Crippen LogP contribution in [0.25, 0.3) is 5.69 Å². The quantitative estimate of drug-likeness (QED) is 0.505. The highest BCUT2D eigenvalue weighted by Gasteiger charge is 2.07. The molecule has 0 unspecified atom stereocenters. The van der Waals surface area contributed by atoms with Gasteiger partial charge in [-0.05, 0) is 46.3 Å². The Labute approximate surface area is 142 Å². The second-order valence-corrected chi connectivity index (χ2v) is 5.21. The maximum absolute atomic E-state index is 11.8. The molecule has 0 amide bonds. The second-order valence-electron chi connectivity index (χ2n) is 4.81. The molecule has 3 aromatic rings. The predicted molar refractivity (Wildman–Crippen MR) is 85.9 cm³/mol. The van der Waals surface area contributed by atoms with Crippen LogP contribution >= 0.6 is 11.6 Å². The molecule has 0 aliphatic carbocycles. The van der Waals surface area contributed by atoms with Gasteiger partial charge in [0.15, 0.2) is 0 Å². The number of esters is 1. The number of hydrogen-bond acceptors (Lipinski definition) is 6. The van der Waals surface area contributed by atoms with Crippen LogP contribution in [-0.2, 0) is 16.1 Å². The summed E-state index contributed by atoms with van der Waals surface area (Å²) in [6.07, 6.45) is 1.48. The van der Waals surface area contributed by atoms with Crippen molar-refractivity contribution in [2.45, 2.75) is 6.61 Å². The average Bonchev–Trinajstić information content (AvgIpc) is 3.12. The zero-order valence-electron chi connectivity index (χ0n) is 12.5. The van der Waals surface area contributed by atoms with Crippen molar-refractivity contribution in [2.24, 2.45) is 0 Å². The fraction of sp³-hybridized carbons (Fsp3) is 0.125. The lowest BCUT2D eigenvalue weighted by Gasteiger charge is -2.07. The predicted octanol–water partition coefficient (Wildman–Crippen LogP) is 2.44. The van der Waals surface area contributed by atoms with E-state index in [9.17, 15) is 4.79 Å². The molecule has 0 N–H and O–H groups in total. The van der Waals surface area contributed by atoms with E-state index in [0.717, 1.165) is 11.3 Å². The van der Waals surface area contributed by atoms with Crippen LogP contribution in [0.3, 0.4) is 0 Å². The number of tetrazole rings is 1. The van der Waals surface area contributed by atoms with E-state index in [1.807, 2.05) is 18.2 Å². The summed E-state index contributed by atoms with van der Waals surface area (Å²) in [5.74, 6) is -0.0737. The van der Waals surface area contributed by atoms with Crippen LogP contribution in [0.4, 0.5) is 0 Å². The lowest BCUT2D eigenvalue weighted by molar-refractivity contribution is -0.139. The highest BCUT2D eigenvalue weighted by atomic mass is 35.5. The number of carbonyl (C=O) groups excluding carboxylic acids is 1. The lowest BCUT2D eigenvalue weighted by atomic mass is 10.2. The molecule has 1 aromatic heterocycles. The van der Waals surface area contributed by atoms with E-state index in [2.05, 4.69) is 15.5 Å². The second kappa shape index (κ2) is 7.67. The summed E-state index contributed by atoms with van der Waals surface area (Å²) in [4.78, 5) is 11.8. The van der Waals surface area contributed by atoms with Crippen LogP contribution in [0, 0.1) is 0 Å². The van der Waals surface area contributed by atoms with Crippen LogP contribution in [-0.4, -0.2) is 32.8 Å². The van der Waals surface area contributed by atoms with E-state index in [1.165, 1.54) is 11.0 Å². The van der Waals surface area contributed by atoms with Gasteiger partial charge in [0, 0.05) is 5.02 Å².